The van der Waals surface area contributed by atoms with Crippen LogP contribution in [0.4, 0.5) is 14.6 Å². The average Bonchev–Trinajstić information content (AvgIpc) is 3.48. The van der Waals surface area contributed by atoms with Crippen LogP contribution in [0.25, 0.3) is 11.2 Å². The number of anilines is 1. The lowest BCUT2D eigenvalue weighted by molar-refractivity contribution is -0.185. The zero-order valence-corrected chi connectivity index (χ0v) is 21.9. The first-order valence-corrected chi connectivity index (χ1v) is 12.7. The molecule has 210 valence electrons. The van der Waals surface area contributed by atoms with Crippen molar-refractivity contribution in [2.45, 2.75) is 57.3 Å². The van der Waals surface area contributed by atoms with Crippen LogP contribution >= 0.6 is 0 Å². The lowest BCUT2D eigenvalue weighted by atomic mass is 9.91. The predicted octanol–water partition coefficient (Wildman–Crippen LogP) is 3.91. The molecule has 1 aliphatic heterocycles. The number of ether oxygens (including phenoxy) is 4. The number of hydrogen-bond donors (Lipinski definition) is 1. The smallest absolute Gasteiger partial charge is 0.312 e. The minimum absolute atomic E-state index is 0.0125. The molecule has 1 saturated heterocycles. The van der Waals surface area contributed by atoms with Crippen LogP contribution < -0.4 is 5.73 Å². The SMILES string of the molecule is CC(=O)O[C@H]1[C@H](n2cnc3c(N)nc(F)nc32)O[C@@](COCc2ccccc2)(C(C)F)[C@H]1OCc1ccccc1. The quantitative estimate of drug-likeness (QED) is 0.230. The topological polar surface area (TPSA) is 124 Å². The summed E-state index contributed by atoms with van der Waals surface area (Å²) in [4.78, 5) is 23.8. The second kappa shape index (κ2) is 11.6. The van der Waals surface area contributed by atoms with E-state index in [4.69, 9.17) is 24.7 Å². The van der Waals surface area contributed by atoms with Gasteiger partial charge in [0.25, 0.3) is 0 Å². The zero-order chi connectivity index (χ0) is 28.3. The van der Waals surface area contributed by atoms with Crippen LogP contribution in [0, 0.1) is 6.08 Å². The van der Waals surface area contributed by atoms with Gasteiger partial charge in [0.1, 0.15) is 12.3 Å². The number of imidazole rings is 1. The summed E-state index contributed by atoms with van der Waals surface area (Å²) in [6.45, 7) is 2.55. The summed E-state index contributed by atoms with van der Waals surface area (Å²) in [6, 6.07) is 18.6. The number of hydrogen-bond acceptors (Lipinski definition) is 9. The monoisotopic (exact) mass is 553 g/mol. The normalized spacial score (nSPS) is 23.4. The Morgan fingerprint density at radius 2 is 1.75 bits per heavy atom. The van der Waals surface area contributed by atoms with E-state index < -0.39 is 42.3 Å². The molecule has 2 N–H and O–H groups in total. The Hall–Kier alpha value is -4.00. The van der Waals surface area contributed by atoms with Gasteiger partial charge in [0.2, 0.25) is 0 Å². The average molecular weight is 554 g/mol. The summed E-state index contributed by atoms with van der Waals surface area (Å²) in [5.41, 5.74) is 5.90. The third-order valence-corrected chi connectivity index (χ3v) is 6.78. The lowest BCUT2D eigenvalue weighted by Gasteiger charge is -2.35. The lowest BCUT2D eigenvalue weighted by Crippen LogP contribution is -2.54. The van der Waals surface area contributed by atoms with Crippen molar-refractivity contribution >= 4 is 23.0 Å². The fourth-order valence-corrected chi connectivity index (χ4v) is 4.86. The summed E-state index contributed by atoms with van der Waals surface area (Å²) in [5.74, 6) is -0.833. The fraction of sp³-hybridized carbons (Fsp3) is 0.357. The molecule has 4 aromatic rings. The van der Waals surface area contributed by atoms with Crippen molar-refractivity contribution in [2.75, 3.05) is 12.3 Å². The van der Waals surface area contributed by atoms with E-state index in [2.05, 4.69) is 15.0 Å². The van der Waals surface area contributed by atoms with Gasteiger partial charge < -0.3 is 24.7 Å². The molecule has 3 heterocycles. The number of aromatic nitrogens is 4. The van der Waals surface area contributed by atoms with Crippen LogP contribution in [-0.2, 0) is 37.0 Å². The summed E-state index contributed by atoms with van der Waals surface area (Å²) in [7, 11) is 0. The molecule has 0 saturated carbocycles. The Kier molecular flexibility index (Phi) is 8.01. The van der Waals surface area contributed by atoms with Crippen molar-refractivity contribution in [1.82, 2.24) is 19.5 Å². The molecule has 40 heavy (non-hydrogen) atoms. The first-order chi connectivity index (χ1) is 19.3. The molecule has 1 aliphatic rings. The van der Waals surface area contributed by atoms with Crippen molar-refractivity contribution in [1.29, 1.82) is 0 Å². The summed E-state index contributed by atoms with van der Waals surface area (Å²) >= 11 is 0. The molecule has 0 radical (unpaired) electrons. The molecule has 5 rings (SSSR count). The van der Waals surface area contributed by atoms with Gasteiger partial charge in [-0.25, -0.2) is 9.37 Å². The zero-order valence-electron chi connectivity index (χ0n) is 21.9. The third-order valence-electron chi connectivity index (χ3n) is 6.78. The minimum atomic E-state index is -1.73. The van der Waals surface area contributed by atoms with Gasteiger partial charge in [-0.1, -0.05) is 60.7 Å². The number of halogens is 2. The van der Waals surface area contributed by atoms with E-state index in [1.54, 1.807) is 0 Å². The van der Waals surface area contributed by atoms with Crippen LogP contribution in [0.15, 0.2) is 67.0 Å². The van der Waals surface area contributed by atoms with Gasteiger partial charge in [-0.05, 0) is 18.1 Å². The molecule has 5 atom stereocenters. The number of nitrogens with zero attached hydrogens (tertiary/aromatic N) is 4. The summed E-state index contributed by atoms with van der Waals surface area (Å²) in [6.07, 6.45) is -4.97. The van der Waals surface area contributed by atoms with E-state index in [0.717, 1.165) is 11.1 Å². The van der Waals surface area contributed by atoms with Crippen molar-refractivity contribution < 1.29 is 32.5 Å². The van der Waals surface area contributed by atoms with Gasteiger partial charge in [-0.15, -0.1) is 0 Å². The Bertz CT molecular complexity index is 1460. The van der Waals surface area contributed by atoms with Crippen LogP contribution in [0.1, 0.15) is 31.2 Å². The number of alkyl halides is 1. The molecule has 0 spiro atoms. The maximum Gasteiger partial charge on any atom is 0.312 e. The highest BCUT2D eigenvalue weighted by atomic mass is 19.1. The standard InChI is InChI=1S/C28H29F2N5O5/c1-17(29)28(15-37-13-19-9-5-3-6-10-19)23(38-14-20-11-7-4-8-12-20)22(39-18(2)36)26(40-28)35-16-32-21-24(31)33-27(30)34-25(21)35/h3-12,16-17,22-23,26H,13-15H2,1-2H3,(H2,31,33,34)/t17?,22-,23+,26-,28+/m1/s1. The van der Waals surface area contributed by atoms with Gasteiger partial charge in [0.15, 0.2) is 34.9 Å². The van der Waals surface area contributed by atoms with E-state index in [9.17, 15) is 9.18 Å². The molecule has 0 bridgehead atoms. The predicted molar refractivity (Wildman–Crippen MR) is 140 cm³/mol. The van der Waals surface area contributed by atoms with E-state index >= 15 is 4.39 Å². The molecule has 1 unspecified atom stereocenters. The van der Waals surface area contributed by atoms with Crippen LogP contribution in [0.3, 0.4) is 0 Å². The molecule has 10 nitrogen and oxygen atoms in total. The maximum atomic E-state index is 15.8. The highest BCUT2D eigenvalue weighted by Gasteiger charge is 2.62. The number of benzene rings is 2. The van der Waals surface area contributed by atoms with Gasteiger partial charge in [0.05, 0.1) is 26.1 Å². The Balaban J connectivity index is 1.55. The second-order valence-corrected chi connectivity index (χ2v) is 9.55. The summed E-state index contributed by atoms with van der Waals surface area (Å²) < 4.78 is 55.6. The molecule has 1 fully saturated rings. The first kappa shape index (κ1) is 27.6. The maximum absolute atomic E-state index is 15.8. The highest BCUT2D eigenvalue weighted by Crippen LogP contribution is 2.45. The molecule has 2 aromatic heterocycles. The fourth-order valence-electron chi connectivity index (χ4n) is 4.86. The van der Waals surface area contributed by atoms with E-state index in [0.29, 0.717) is 0 Å². The molecular weight excluding hydrogens is 524 g/mol. The van der Waals surface area contributed by atoms with Gasteiger partial charge in [0, 0.05) is 6.92 Å². The van der Waals surface area contributed by atoms with Crippen molar-refractivity contribution in [3.63, 3.8) is 0 Å². The van der Waals surface area contributed by atoms with E-state index in [1.807, 2.05) is 60.7 Å². The third kappa shape index (κ3) is 5.51. The van der Waals surface area contributed by atoms with Gasteiger partial charge in [-0.2, -0.15) is 14.4 Å². The number of nitrogens with two attached hydrogens (primary N) is 1. The number of carbonyl (C=O) groups excluding carboxylic acids is 1. The van der Waals surface area contributed by atoms with Crippen LogP contribution in [-0.4, -0.2) is 56.1 Å². The van der Waals surface area contributed by atoms with Crippen molar-refractivity contribution in [3.05, 3.63) is 84.2 Å². The number of fused-ring (bicyclic) bond motifs is 1. The molecule has 12 heteroatoms. The van der Waals surface area contributed by atoms with Crippen molar-refractivity contribution in [3.8, 4) is 0 Å². The van der Waals surface area contributed by atoms with E-state index in [-0.39, 0.29) is 36.8 Å². The van der Waals surface area contributed by atoms with Crippen LogP contribution in [0.5, 0.6) is 0 Å². The molecule has 0 aliphatic carbocycles. The van der Waals surface area contributed by atoms with E-state index in [1.165, 1.54) is 24.7 Å². The first-order valence-electron chi connectivity index (χ1n) is 12.7. The number of carbonyl (C=O) groups is 1. The number of esters is 1. The minimum Gasteiger partial charge on any atom is -0.455 e. The second-order valence-electron chi connectivity index (χ2n) is 9.55. The number of rotatable bonds is 10. The Labute approximate surface area is 229 Å². The summed E-state index contributed by atoms with van der Waals surface area (Å²) in [5, 5.41) is 0. The number of nitrogen functional groups attached to an aromatic ring is 1. The van der Waals surface area contributed by atoms with Gasteiger partial charge >= 0.3 is 12.0 Å². The van der Waals surface area contributed by atoms with Crippen LogP contribution in [0.2, 0.25) is 0 Å². The highest BCUT2D eigenvalue weighted by molar-refractivity contribution is 5.81. The van der Waals surface area contributed by atoms with Crippen molar-refractivity contribution in [2.24, 2.45) is 0 Å². The molecule has 0 amide bonds. The molecular formula is C28H29F2N5O5. The molecule has 2 aromatic carbocycles. The Morgan fingerprint density at radius 3 is 2.38 bits per heavy atom. The van der Waals surface area contributed by atoms with Gasteiger partial charge in [-0.3, -0.25) is 9.36 Å². The largest absolute Gasteiger partial charge is 0.455 e. The Morgan fingerprint density at radius 1 is 1.10 bits per heavy atom.